The van der Waals surface area contributed by atoms with Gasteiger partial charge in [-0.2, -0.15) is 8.78 Å². The molecule has 0 aromatic rings. The van der Waals surface area contributed by atoms with Crippen molar-refractivity contribution in [3.8, 4) is 0 Å². The third-order valence-electron chi connectivity index (χ3n) is 2.10. The Hall–Kier alpha value is -1.45. The van der Waals surface area contributed by atoms with Crippen LogP contribution in [0.5, 0.6) is 0 Å². The quantitative estimate of drug-likeness (QED) is 0.336. The predicted molar refractivity (Wildman–Crippen MR) is 75.5 cm³/mol. The molecule has 0 radical (unpaired) electrons. The van der Waals surface area contributed by atoms with E-state index in [2.05, 4.69) is 28.0 Å². The van der Waals surface area contributed by atoms with Gasteiger partial charge in [0.25, 0.3) is 0 Å². The zero-order valence-corrected chi connectivity index (χ0v) is 14.8. The SMILES string of the molecule is CCOC(=O)OC(C)OP(=O)(OC(C)OC(=O)OCC)C(C)(F)F. The van der Waals surface area contributed by atoms with Gasteiger partial charge < -0.3 is 18.9 Å². The molecule has 9 nitrogen and oxygen atoms in total. The van der Waals surface area contributed by atoms with E-state index in [4.69, 9.17) is 0 Å². The second kappa shape index (κ2) is 9.75. The lowest BCUT2D eigenvalue weighted by atomic mass is 10.8. The maximum absolute atomic E-state index is 13.6. The molecule has 0 aromatic heterocycles. The number of carbonyl (C=O) groups excluding carboxylic acids is 2. The Balaban J connectivity index is 4.94. The van der Waals surface area contributed by atoms with Gasteiger partial charge >= 0.3 is 25.6 Å². The molecule has 24 heavy (non-hydrogen) atoms. The summed E-state index contributed by atoms with van der Waals surface area (Å²) in [6.07, 6.45) is -5.75. The van der Waals surface area contributed by atoms with E-state index in [1.807, 2.05) is 0 Å². The number of carbonyl (C=O) groups is 2. The highest BCUT2D eigenvalue weighted by atomic mass is 31.2. The van der Waals surface area contributed by atoms with Crippen LogP contribution in [-0.4, -0.2) is 43.8 Å². The Morgan fingerprint density at radius 3 is 1.54 bits per heavy atom. The molecule has 2 unspecified atom stereocenters. The number of ether oxygens (including phenoxy) is 4. The first kappa shape index (κ1) is 22.6. The molecule has 0 saturated carbocycles. The summed E-state index contributed by atoms with van der Waals surface area (Å²) >= 11 is 0. The van der Waals surface area contributed by atoms with Gasteiger partial charge in [-0.25, -0.2) is 9.59 Å². The lowest BCUT2D eigenvalue weighted by Crippen LogP contribution is -2.27. The predicted octanol–water partition coefficient (Wildman–Crippen LogP) is 3.86. The zero-order chi connectivity index (χ0) is 19.0. The van der Waals surface area contributed by atoms with Crippen molar-refractivity contribution in [2.24, 2.45) is 0 Å². The van der Waals surface area contributed by atoms with Crippen LogP contribution in [0.25, 0.3) is 0 Å². The monoisotopic (exact) mass is 378 g/mol. The van der Waals surface area contributed by atoms with Crippen LogP contribution >= 0.6 is 7.60 Å². The topological polar surface area (TPSA) is 107 Å². The largest absolute Gasteiger partial charge is 0.510 e. The van der Waals surface area contributed by atoms with E-state index in [9.17, 15) is 22.9 Å². The Labute approximate surface area is 138 Å². The van der Waals surface area contributed by atoms with Crippen LogP contribution < -0.4 is 0 Å². The van der Waals surface area contributed by atoms with Crippen LogP contribution in [0.2, 0.25) is 0 Å². The highest BCUT2D eigenvalue weighted by molar-refractivity contribution is 7.55. The lowest BCUT2D eigenvalue weighted by Gasteiger charge is -2.28. The Morgan fingerprint density at radius 2 is 1.29 bits per heavy atom. The smallest absolute Gasteiger partial charge is 0.435 e. The molecule has 2 atom stereocenters. The molecule has 0 bridgehead atoms. The van der Waals surface area contributed by atoms with Crippen molar-refractivity contribution in [1.29, 1.82) is 0 Å². The van der Waals surface area contributed by atoms with Crippen LogP contribution in [0, 0.1) is 0 Å². The number of halogens is 2. The average molecular weight is 378 g/mol. The van der Waals surface area contributed by atoms with Gasteiger partial charge in [0, 0.05) is 6.92 Å². The van der Waals surface area contributed by atoms with Crippen LogP contribution in [0.3, 0.4) is 0 Å². The first-order valence-corrected chi connectivity index (χ1v) is 8.51. The van der Waals surface area contributed by atoms with Crippen LogP contribution in [0.15, 0.2) is 0 Å². The minimum atomic E-state index is -5.16. The standard InChI is InChI=1S/C12H21F2O9P/c1-6-18-10(15)20-8(3)22-24(17,12(5,13)14)23-9(4)21-11(16)19-7-2/h8-9H,6-7H2,1-5H3. The van der Waals surface area contributed by atoms with Gasteiger partial charge in [0.15, 0.2) is 0 Å². The van der Waals surface area contributed by atoms with Gasteiger partial charge in [0.05, 0.1) is 13.2 Å². The van der Waals surface area contributed by atoms with Crippen molar-refractivity contribution in [3.63, 3.8) is 0 Å². The molecule has 0 aromatic carbocycles. The molecule has 0 amide bonds. The Bertz CT molecular complexity index is 434. The molecule has 0 aliphatic carbocycles. The van der Waals surface area contributed by atoms with Gasteiger partial charge in [-0.15, -0.1) is 0 Å². The number of alkyl halides is 2. The second-order valence-corrected chi connectivity index (χ2v) is 6.49. The zero-order valence-electron chi connectivity index (χ0n) is 13.9. The van der Waals surface area contributed by atoms with Crippen molar-refractivity contribution in [1.82, 2.24) is 0 Å². The minimum Gasteiger partial charge on any atom is -0.435 e. The number of hydrogen-bond acceptors (Lipinski definition) is 9. The highest BCUT2D eigenvalue weighted by Gasteiger charge is 2.52. The maximum Gasteiger partial charge on any atom is 0.510 e. The van der Waals surface area contributed by atoms with Crippen molar-refractivity contribution >= 4 is 19.9 Å². The molecule has 0 aliphatic rings. The molecule has 0 saturated heterocycles. The maximum atomic E-state index is 13.6. The fraction of sp³-hybridized carbons (Fsp3) is 0.833. The lowest BCUT2D eigenvalue weighted by molar-refractivity contribution is -0.101. The summed E-state index contributed by atoms with van der Waals surface area (Å²) in [5, 5.41) is 0. The fourth-order valence-corrected chi connectivity index (χ4v) is 2.51. The van der Waals surface area contributed by atoms with Crippen LogP contribution in [-0.2, 0) is 32.6 Å². The third kappa shape index (κ3) is 7.89. The Kier molecular flexibility index (Phi) is 9.16. The molecule has 12 heteroatoms. The fourth-order valence-electron chi connectivity index (χ4n) is 1.22. The summed E-state index contributed by atoms with van der Waals surface area (Å²) in [5.74, 6) is 0. The Morgan fingerprint density at radius 1 is 0.958 bits per heavy atom. The van der Waals surface area contributed by atoms with Crippen molar-refractivity contribution in [2.45, 2.75) is 52.9 Å². The molecular weight excluding hydrogens is 357 g/mol. The van der Waals surface area contributed by atoms with Crippen LogP contribution in [0.4, 0.5) is 18.4 Å². The van der Waals surface area contributed by atoms with E-state index in [-0.39, 0.29) is 20.1 Å². The average Bonchev–Trinajstić information content (AvgIpc) is 2.36. The van der Waals surface area contributed by atoms with E-state index in [1.54, 1.807) is 0 Å². The van der Waals surface area contributed by atoms with Gasteiger partial charge in [-0.05, 0) is 27.7 Å². The van der Waals surface area contributed by atoms with Crippen molar-refractivity contribution < 1.29 is 50.9 Å². The number of hydrogen-bond donors (Lipinski definition) is 0. The third-order valence-corrected chi connectivity index (χ3v) is 4.21. The molecule has 0 rings (SSSR count). The van der Waals surface area contributed by atoms with E-state index in [1.165, 1.54) is 13.8 Å². The van der Waals surface area contributed by atoms with Gasteiger partial charge in [0.2, 0.25) is 12.6 Å². The van der Waals surface area contributed by atoms with E-state index >= 15 is 0 Å². The second-order valence-electron chi connectivity index (χ2n) is 4.29. The van der Waals surface area contributed by atoms with Crippen molar-refractivity contribution in [2.75, 3.05) is 13.2 Å². The van der Waals surface area contributed by atoms with Crippen LogP contribution in [0.1, 0.15) is 34.6 Å². The molecule has 0 fully saturated rings. The van der Waals surface area contributed by atoms with Gasteiger partial charge in [-0.3, -0.25) is 13.6 Å². The highest BCUT2D eigenvalue weighted by Crippen LogP contribution is 2.63. The van der Waals surface area contributed by atoms with E-state index < -0.39 is 38.2 Å². The summed E-state index contributed by atoms with van der Waals surface area (Å²) in [6, 6.07) is 0. The van der Waals surface area contributed by atoms with Gasteiger partial charge in [-0.1, -0.05) is 0 Å². The number of rotatable bonds is 9. The molecule has 142 valence electrons. The minimum absolute atomic E-state index is 0.0198. The summed E-state index contributed by atoms with van der Waals surface area (Å²) in [6.45, 7) is 5.31. The molecular formula is C12H21F2O9P. The summed E-state index contributed by atoms with van der Waals surface area (Å²) in [4.78, 5) is 22.2. The first-order chi connectivity index (χ1) is 10.9. The summed E-state index contributed by atoms with van der Waals surface area (Å²) < 4.78 is 66.4. The van der Waals surface area contributed by atoms with Crippen molar-refractivity contribution in [3.05, 3.63) is 0 Å². The normalized spacial score (nSPS) is 16.5. The van der Waals surface area contributed by atoms with E-state index in [0.29, 0.717) is 0 Å². The molecule has 0 spiro atoms. The summed E-state index contributed by atoms with van der Waals surface area (Å²) in [5.41, 5.74) is -3.97. The summed E-state index contributed by atoms with van der Waals surface area (Å²) in [7, 11) is -5.16. The molecule has 0 heterocycles. The molecule has 0 aliphatic heterocycles. The first-order valence-electron chi connectivity index (χ1n) is 6.96. The molecule has 0 N–H and O–H groups in total. The van der Waals surface area contributed by atoms with Gasteiger partial charge in [0.1, 0.15) is 0 Å². The van der Waals surface area contributed by atoms with E-state index in [0.717, 1.165) is 13.8 Å².